The first-order valence-corrected chi connectivity index (χ1v) is 17.7. The summed E-state index contributed by atoms with van der Waals surface area (Å²) >= 11 is 0. The molecule has 0 aliphatic heterocycles. The van der Waals surface area contributed by atoms with E-state index in [1.54, 1.807) is 0 Å². The van der Waals surface area contributed by atoms with Gasteiger partial charge in [0.15, 0.2) is 5.65 Å². The fraction of sp³-hybridized carbons (Fsp3) is 0. The van der Waals surface area contributed by atoms with E-state index in [9.17, 15) is 0 Å². The lowest BCUT2D eigenvalue weighted by Gasteiger charge is -2.11. The molecule has 11 aromatic rings. The molecule has 240 valence electrons. The number of aromatic nitrogens is 4. The third-order valence-electron chi connectivity index (χ3n) is 11.2. The molecule has 1 aliphatic rings. The van der Waals surface area contributed by atoms with Gasteiger partial charge in [0.2, 0.25) is 0 Å². The maximum Gasteiger partial charge on any atom is 0.160 e. The van der Waals surface area contributed by atoms with Crippen molar-refractivity contribution in [3.05, 3.63) is 170 Å². The van der Waals surface area contributed by atoms with Gasteiger partial charge >= 0.3 is 0 Å². The zero-order valence-corrected chi connectivity index (χ0v) is 28.0. The highest BCUT2D eigenvalue weighted by molar-refractivity contribution is 6.22. The Balaban J connectivity index is 1.07. The van der Waals surface area contributed by atoms with Gasteiger partial charge < -0.3 is 9.13 Å². The highest BCUT2D eigenvalue weighted by atomic mass is 15.0. The summed E-state index contributed by atoms with van der Waals surface area (Å²) in [7, 11) is 0. The molecule has 0 amide bonds. The van der Waals surface area contributed by atoms with Gasteiger partial charge in [-0.1, -0.05) is 84.9 Å². The molecule has 12 rings (SSSR count). The van der Waals surface area contributed by atoms with Crippen LogP contribution in [0.15, 0.2) is 170 Å². The summed E-state index contributed by atoms with van der Waals surface area (Å²) in [6, 6.07) is 57.8. The summed E-state index contributed by atoms with van der Waals surface area (Å²) in [6.45, 7) is 0. The number of hydrogen-bond donors (Lipinski definition) is 0. The van der Waals surface area contributed by atoms with E-state index in [1.807, 2.05) is 12.4 Å². The van der Waals surface area contributed by atoms with Gasteiger partial charge in [0.25, 0.3) is 0 Å². The summed E-state index contributed by atoms with van der Waals surface area (Å²) in [4.78, 5) is 9.11. The molecule has 1 aliphatic carbocycles. The first-order valence-electron chi connectivity index (χ1n) is 17.7. The molecule has 7 aromatic carbocycles. The van der Waals surface area contributed by atoms with E-state index >= 15 is 0 Å². The summed E-state index contributed by atoms with van der Waals surface area (Å²) in [5.74, 6) is 0. The average molecular weight is 661 g/mol. The molecule has 0 saturated heterocycles. The largest absolute Gasteiger partial charge is 0.309 e. The van der Waals surface area contributed by atoms with E-state index in [2.05, 4.69) is 177 Å². The monoisotopic (exact) mass is 660 g/mol. The predicted octanol–water partition coefficient (Wildman–Crippen LogP) is 12.3. The maximum absolute atomic E-state index is 4.56. The normalized spacial score (nSPS) is 12.2. The van der Waals surface area contributed by atoms with E-state index in [0.717, 1.165) is 16.7 Å². The van der Waals surface area contributed by atoms with Crippen LogP contribution in [0.1, 0.15) is 0 Å². The van der Waals surface area contributed by atoms with Crippen molar-refractivity contribution >= 4 is 65.4 Å². The number of nitrogens with zero attached hydrogens (tertiary/aromatic N) is 4. The summed E-state index contributed by atoms with van der Waals surface area (Å²) < 4.78 is 4.82. The van der Waals surface area contributed by atoms with Gasteiger partial charge in [-0.05, 0) is 117 Å². The first kappa shape index (κ1) is 27.7. The van der Waals surface area contributed by atoms with Crippen LogP contribution in [0.5, 0.6) is 0 Å². The molecule has 0 fully saturated rings. The minimum absolute atomic E-state index is 0.799. The van der Waals surface area contributed by atoms with Crippen molar-refractivity contribution in [3.63, 3.8) is 0 Å². The molecule has 4 heteroatoms. The highest BCUT2D eigenvalue weighted by Crippen LogP contribution is 2.47. The Morgan fingerprint density at radius 3 is 1.81 bits per heavy atom. The van der Waals surface area contributed by atoms with Crippen molar-refractivity contribution in [1.82, 2.24) is 19.1 Å². The van der Waals surface area contributed by atoms with Gasteiger partial charge in [0.1, 0.15) is 0 Å². The average Bonchev–Trinajstić information content (AvgIpc) is 3.84. The van der Waals surface area contributed by atoms with Crippen molar-refractivity contribution < 1.29 is 0 Å². The van der Waals surface area contributed by atoms with Gasteiger partial charge in [0.05, 0.1) is 22.1 Å². The number of benzene rings is 7. The van der Waals surface area contributed by atoms with Gasteiger partial charge in [0, 0.05) is 50.7 Å². The second-order valence-corrected chi connectivity index (χ2v) is 13.8. The number of para-hydroxylation sites is 2. The van der Waals surface area contributed by atoms with Gasteiger partial charge in [-0.25, -0.2) is 9.97 Å². The zero-order valence-electron chi connectivity index (χ0n) is 28.0. The van der Waals surface area contributed by atoms with Crippen molar-refractivity contribution in [2.75, 3.05) is 0 Å². The number of rotatable bonds is 3. The second kappa shape index (κ2) is 10.3. The predicted molar refractivity (Wildman–Crippen MR) is 216 cm³/mol. The Bertz CT molecular complexity index is 3290. The molecule has 4 nitrogen and oxygen atoms in total. The molecule has 0 bridgehead atoms. The standard InChI is InChI=1S/C48H28N4/c1-2-9-32(10-3-1)51-44-20-16-31(27-41(44)46-34-11-5-4-8-29(34)14-21-45(46)51)30-15-19-43-40(26-30)36-12-6-7-13-42(36)52(43)33-17-18-35-37-22-24-49-48-47(37)38(23-25-50-48)39(35)28-33/h1-28H. The van der Waals surface area contributed by atoms with Crippen LogP contribution in [0.3, 0.4) is 0 Å². The van der Waals surface area contributed by atoms with Crippen LogP contribution in [0.4, 0.5) is 0 Å². The summed E-state index contributed by atoms with van der Waals surface area (Å²) in [5, 5.41) is 8.70. The van der Waals surface area contributed by atoms with E-state index in [4.69, 9.17) is 0 Å². The van der Waals surface area contributed by atoms with Crippen LogP contribution in [-0.4, -0.2) is 19.1 Å². The van der Waals surface area contributed by atoms with Gasteiger partial charge in [-0.3, -0.25) is 0 Å². The number of pyridine rings is 2. The number of hydrogen-bond acceptors (Lipinski definition) is 2. The Labute approximate surface area is 298 Å². The lowest BCUT2D eigenvalue weighted by Crippen LogP contribution is -1.94. The summed E-state index contributed by atoms with van der Waals surface area (Å²) in [6.07, 6.45) is 3.74. The van der Waals surface area contributed by atoms with Crippen LogP contribution < -0.4 is 0 Å². The van der Waals surface area contributed by atoms with Crippen molar-refractivity contribution in [3.8, 4) is 44.8 Å². The minimum Gasteiger partial charge on any atom is -0.309 e. The fourth-order valence-corrected chi connectivity index (χ4v) is 8.91. The molecule has 52 heavy (non-hydrogen) atoms. The molecule has 4 aromatic heterocycles. The molecule has 0 atom stereocenters. The maximum atomic E-state index is 4.56. The molecular formula is C48H28N4. The molecular weight excluding hydrogens is 633 g/mol. The number of fused-ring (bicyclic) bond motifs is 11. The quantitative estimate of drug-likeness (QED) is 0.189. The van der Waals surface area contributed by atoms with Crippen LogP contribution in [0.2, 0.25) is 0 Å². The van der Waals surface area contributed by atoms with Crippen molar-refractivity contribution in [2.45, 2.75) is 0 Å². The minimum atomic E-state index is 0.799. The first-order chi connectivity index (χ1) is 25.8. The molecule has 0 saturated carbocycles. The van der Waals surface area contributed by atoms with Crippen LogP contribution >= 0.6 is 0 Å². The van der Waals surface area contributed by atoms with Gasteiger partial charge in [-0.2, -0.15) is 0 Å². The Morgan fingerprint density at radius 2 is 0.981 bits per heavy atom. The third-order valence-corrected chi connectivity index (χ3v) is 11.2. The molecule has 0 radical (unpaired) electrons. The SMILES string of the molecule is c1ccc(-n2c3ccc(-c4ccc5c(c4)c4ccccc4n5-c4ccc5c(c4)-c4ccnc6nccc-5c46)cc3c3c4ccccc4ccc32)cc1. The van der Waals surface area contributed by atoms with E-state index in [1.165, 1.54) is 93.5 Å². The fourth-order valence-electron chi connectivity index (χ4n) is 8.91. The lowest BCUT2D eigenvalue weighted by molar-refractivity contribution is 1.18. The van der Waals surface area contributed by atoms with Crippen LogP contribution in [0.25, 0.3) is 110 Å². The van der Waals surface area contributed by atoms with E-state index in [-0.39, 0.29) is 0 Å². The lowest BCUT2D eigenvalue weighted by atomic mass is 9.99. The smallest absolute Gasteiger partial charge is 0.160 e. The molecule has 0 spiro atoms. The van der Waals surface area contributed by atoms with Crippen molar-refractivity contribution in [2.24, 2.45) is 0 Å². The van der Waals surface area contributed by atoms with Crippen molar-refractivity contribution in [1.29, 1.82) is 0 Å². The van der Waals surface area contributed by atoms with Crippen LogP contribution in [-0.2, 0) is 0 Å². The highest BCUT2D eigenvalue weighted by Gasteiger charge is 2.24. The Hall–Kier alpha value is -7.04. The van der Waals surface area contributed by atoms with E-state index < -0.39 is 0 Å². The summed E-state index contributed by atoms with van der Waals surface area (Å²) in [5.41, 5.74) is 15.2. The van der Waals surface area contributed by atoms with E-state index in [0.29, 0.717) is 0 Å². The van der Waals surface area contributed by atoms with Crippen LogP contribution in [0, 0.1) is 0 Å². The molecule has 0 N–H and O–H groups in total. The third kappa shape index (κ3) is 3.70. The Morgan fingerprint density at radius 1 is 0.346 bits per heavy atom. The second-order valence-electron chi connectivity index (χ2n) is 13.8. The zero-order chi connectivity index (χ0) is 33.9. The molecule has 4 heterocycles. The van der Waals surface area contributed by atoms with Gasteiger partial charge in [-0.15, -0.1) is 0 Å². The topological polar surface area (TPSA) is 35.6 Å². The molecule has 0 unspecified atom stereocenters. The Kier molecular flexibility index (Phi) is 5.47.